The highest BCUT2D eigenvalue weighted by Crippen LogP contribution is 2.29. The van der Waals surface area contributed by atoms with Gasteiger partial charge >= 0.3 is 0 Å². The standard InChI is InChI=1S/C20H21Cl2N3OS/c1-4-14-5-9-17(10-6-14)26-13(2)19-23-24-20(25(19)3)27-12-15-7-8-16(21)11-18(15)22/h5-11,13H,4,12H2,1-3H3/t13-/m0/s1. The van der Waals surface area contributed by atoms with E-state index >= 15 is 0 Å². The first-order valence-electron chi connectivity index (χ1n) is 8.69. The smallest absolute Gasteiger partial charge is 0.191 e. The van der Waals surface area contributed by atoms with E-state index in [9.17, 15) is 0 Å². The number of hydrogen-bond donors (Lipinski definition) is 0. The van der Waals surface area contributed by atoms with Gasteiger partial charge in [-0.3, -0.25) is 0 Å². The molecule has 0 saturated carbocycles. The highest BCUT2D eigenvalue weighted by Gasteiger charge is 2.17. The van der Waals surface area contributed by atoms with E-state index < -0.39 is 0 Å². The molecule has 142 valence electrons. The van der Waals surface area contributed by atoms with Gasteiger partial charge in [0.15, 0.2) is 17.1 Å². The summed E-state index contributed by atoms with van der Waals surface area (Å²) in [6.07, 6.45) is 0.806. The predicted octanol–water partition coefficient (Wildman–Crippen LogP) is 6.12. The third-order valence-electron chi connectivity index (χ3n) is 4.25. The number of ether oxygens (including phenoxy) is 1. The van der Waals surface area contributed by atoms with E-state index in [1.165, 1.54) is 5.56 Å². The van der Waals surface area contributed by atoms with Crippen LogP contribution in [0.5, 0.6) is 5.75 Å². The molecule has 7 heteroatoms. The van der Waals surface area contributed by atoms with E-state index in [-0.39, 0.29) is 6.10 Å². The highest BCUT2D eigenvalue weighted by atomic mass is 35.5. The summed E-state index contributed by atoms with van der Waals surface area (Å²) >= 11 is 13.8. The maximum atomic E-state index is 6.24. The van der Waals surface area contributed by atoms with Crippen molar-refractivity contribution in [1.82, 2.24) is 14.8 Å². The van der Waals surface area contributed by atoms with Crippen molar-refractivity contribution in [3.8, 4) is 5.75 Å². The number of hydrogen-bond acceptors (Lipinski definition) is 4. The monoisotopic (exact) mass is 421 g/mol. The number of thioether (sulfide) groups is 1. The van der Waals surface area contributed by atoms with E-state index in [1.54, 1.807) is 17.8 Å². The maximum Gasteiger partial charge on any atom is 0.191 e. The van der Waals surface area contributed by atoms with Gasteiger partial charge < -0.3 is 9.30 Å². The number of halogens is 2. The van der Waals surface area contributed by atoms with Gasteiger partial charge in [-0.2, -0.15) is 0 Å². The molecule has 0 radical (unpaired) electrons. The summed E-state index contributed by atoms with van der Waals surface area (Å²) in [5.41, 5.74) is 2.30. The molecule has 0 aliphatic carbocycles. The molecule has 4 nitrogen and oxygen atoms in total. The lowest BCUT2D eigenvalue weighted by Gasteiger charge is -2.14. The molecule has 0 N–H and O–H groups in total. The second-order valence-electron chi connectivity index (χ2n) is 6.18. The van der Waals surface area contributed by atoms with Crippen LogP contribution < -0.4 is 4.74 Å². The van der Waals surface area contributed by atoms with Crippen LogP contribution in [0.4, 0.5) is 0 Å². The largest absolute Gasteiger partial charge is 0.483 e. The van der Waals surface area contributed by atoms with Crippen LogP contribution >= 0.6 is 35.0 Å². The average molecular weight is 422 g/mol. The summed E-state index contributed by atoms with van der Waals surface area (Å²) in [5.74, 6) is 2.29. The Kier molecular flexibility index (Phi) is 6.68. The van der Waals surface area contributed by atoms with Crippen molar-refractivity contribution in [2.75, 3.05) is 0 Å². The Balaban J connectivity index is 1.66. The fourth-order valence-electron chi connectivity index (χ4n) is 2.65. The van der Waals surface area contributed by atoms with Crippen molar-refractivity contribution in [3.63, 3.8) is 0 Å². The molecule has 0 spiro atoms. The molecule has 0 amide bonds. The van der Waals surface area contributed by atoms with Gasteiger partial charge in [0.25, 0.3) is 0 Å². The Morgan fingerprint density at radius 2 is 1.85 bits per heavy atom. The summed E-state index contributed by atoms with van der Waals surface area (Å²) in [6, 6.07) is 13.7. The molecule has 0 unspecified atom stereocenters. The molecule has 3 aromatic rings. The van der Waals surface area contributed by atoms with E-state index in [0.717, 1.165) is 28.7 Å². The molecule has 2 aromatic carbocycles. The molecule has 1 heterocycles. The van der Waals surface area contributed by atoms with Gasteiger partial charge in [-0.15, -0.1) is 10.2 Å². The summed E-state index contributed by atoms with van der Waals surface area (Å²) in [6.45, 7) is 4.11. The van der Waals surface area contributed by atoms with Crippen molar-refractivity contribution < 1.29 is 4.74 Å². The fraction of sp³-hybridized carbons (Fsp3) is 0.300. The number of rotatable bonds is 7. The summed E-state index contributed by atoms with van der Waals surface area (Å²) < 4.78 is 7.98. The minimum absolute atomic E-state index is 0.205. The third kappa shape index (κ3) is 4.98. The topological polar surface area (TPSA) is 39.9 Å². The first kappa shape index (κ1) is 20.1. The zero-order valence-corrected chi connectivity index (χ0v) is 17.8. The van der Waals surface area contributed by atoms with Gasteiger partial charge in [0, 0.05) is 22.8 Å². The van der Waals surface area contributed by atoms with Crippen molar-refractivity contribution in [2.45, 2.75) is 37.3 Å². The zero-order chi connectivity index (χ0) is 19.4. The van der Waals surface area contributed by atoms with Crippen molar-refractivity contribution in [1.29, 1.82) is 0 Å². The van der Waals surface area contributed by atoms with Crippen LogP contribution in [0.15, 0.2) is 47.6 Å². The van der Waals surface area contributed by atoms with Crippen LogP contribution in [0.3, 0.4) is 0 Å². The minimum atomic E-state index is -0.205. The predicted molar refractivity (Wildman–Crippen MR) is 112 cm³/mol. The van der Waals surface area contributed by atoms with Crippen molar-refractivity contribution in [2.24, 2.45) is 7.05 Å². The van der Waals surface area contributed by atoms with E-state index in [4.69, 9.17) is 27.9 Å². The van der Waals surface area contributed by atoms with Gasteiger partial charge in [-0.05, 0) is 48.7 Å². The van der Waals surface area contributed by atoms with Gasteiger partial charge in [0.1, 0.15) is 5.75 Å². The first-order chi connectivity index (χ1) is 13.0. The van der Waals surface area contributed by atoms with E-state index in [2.05, 4.69) is 29.3 Å². The first-order valence-corrected chi connectivity index (χ1v) is 10.4. The lowest BCUT2D eigenvalue weighted by molar-refractivity contribution is 0.211. The van der Waals surface area contributed by atoms with Crippen molar-refractivity contribution in [3.05, 3.63) is 69.5 Å². The lowest BCUT2D eigenvalue weighted by Crippen LogP contribution is -2.10. The number of aryl methyl sites for hydroxylation is 1. The molecule has 0 aliphatic rings. The second-order valence-corrected chi connectivity index (χ2v) is 7.97. The van der Waals surface area contributed by atoms with Crippen LogP contribution in [0, 0.1) is 0 Å². The molecular formula is C20H21Cl2N3OS. The Labute approximate surface area is 173 Å². The number of nitrogens with zero attached hydrogens (tertiary/aromatic N) is 3. The summed E-state index contributed by atoms with van der Waals surface area (Å²) in [7, 11) is 1.95. The molecule has 1 aromatic heterocycles. The Morgan fingerprint density at radius 3 is 2.52 bits per heavy atom. The van der Waals surface area contributed by atoms with Crippen LogP contribution in [0.2, 0.25) is 10.0 Å². The lowest BCUT2D eigenvalue weighted by atomic mass is 10.2. The van der Waals surface area contributed by atoms with Gasteiger partial charge in [-0.25, -0.2) is 0 Å². The Bertz CT molecular complexity index is 912. The van der Waals surface area contributed by atoms with Crippen LogP contribution in [0.25, 0.3) is 0 Å². The zero-order valence-electron chi connectivity index (χ0n) is 15.4. The normalized spacial score (nSPS) is 12.2. The van der Waals surface area contributed by atoms with Crippen LogP contribution in [-0.2, 0) is 19.2 Å². The maximum absolute atomic E-state index is 6.24. The molecule has 0 bridgehead atoms. The molecule has 1 atom stereocenters. The second kappa shape index (κ2) is 9.00. The van der Waals surface area contributed by atoms with Crippen molar-refractivity contribution >= 4 is 35.0 Å². The SMILES string of the molecule is CCc1ccc(O[C@@H](C)c2nnc(SCc3ccc(Cl)cc3Cl)n2C)cc1. The van der Waals surface area contributed by atoms with Crippen LogP contribution in [0.1, 0.15) is 36.9 Å². The highest BCUT2D eigenvalue weighted by molar-refractivity contribution is 7.98. The average Bonchev–Trinajstić information content (AvgIpc) is 3.02. The van der Waals surface area contributed by atoms with E-state index in [0.29, 0.717) is 15.8 Å². The third-order valence-corrected chi connectivity index (χ3v) is 5.90. The van der Waals surface area contributed by atoms with Gasteiger partial charge in [0.05, 0.1) is 0 Å². The summed E-state index contributed by atoms with van der Waals surface area (Å²) in [5, 5.41) is 10.7. The van der Waals surface area contributed by atoms with Gasteiger partial charge in [-0.1, -0.05) is 60.1 Å². The number of aromatic nitrogens is 3. The number of benzene rings is 2. The molecule has 0 aliphatic heterocycles. The van der Waals surface area contributed by atoms with Gasteiger partial charge in [0.2, 0.25) is 0 Å². The molecule has 0 fully saturated rings. The fourth-order valence-corrected chi connectivity index (χ4v) is 4.12. The molecule has 0 saturated heterocycles. The van der Waals surface area contributed by atoms with E-state index in [1.807, 2.05) is 42.8 Å². The molecule has 3 rings (SSSR count). The molecule has 27 heavy (non-hydrogen) atoms. The summed E-state index contributed by atoms with van der Waals surface area (Å²) in [4.78, 5) is 0. The minimum Gasteiger partial charge on any atom is -0.483 e. The Morgan fingerprint density at radius 1 is 1.11 bits per heavy atom. The quantitative estimate of drug-likeness (QED) is 0.431. The van der Waals surface area contributed by atoms with Crippen LogP contribution in [-0.4, -0.2) is 14.8 Å². The Hall–Kier alpha value is -1.69. The molecular weight excluding hydrogens is 401 g/mol.